The summed E-state index contributed by atoms with van der Waals surface area (Å²) in [6.07, 6.45) is 7.67. The molecule has 2 amide bonds. The fourth-order valence-corrected chi connectivity index (χ4v) is 9.38. The molecule has 0 aliphatic rings. The zero-order chi connectivity index (χ0) is 37.9. The van der Waals surface area contributed by atoms with Gasteiger partial charge in [0.2, 0.25) is 0 Å². The molecule has 51 heavy (non-hydrogen) atoms. The molecule has 12 nitrogen and oxygen atoms in total. The zero-order valence-electron chi connectivity index (χ0n) is 31.5. The molecule has 0 saturated carbocycles. The van der Waals surface area contributed by atoms with Crippen LogP contribution in [0.15, 0.2) is 36.4 Å². The number of carbonyl (C=O) groups excluding carboxylic acids is 2. The van der Waals surface area contributed by atoms with Crippen LogP contribution in [0.1, 0.15) is 90.2 Å². The first kappa shape index (κ1) is 43.6. The number of benzene rings is 2. The number of aryl methyl sites for hydroxylation is 2. The second-order valence-electron chi connectivity index (χ2n) is 12.8. The summed E-state index contributed by atoms with van der Waals surface area (Å²) in [5.74, 6) is -1.35. The Morgan fingerprint density at radius 2 is 1.00 bits per heavy atom. The van der Waals surface area contributed by atoms with E-state index in [4.69, 9.17) is 9.47 Å². The minimum atomic E-state index is -4.13. The maximum absolute atomic E-state index is 12.5. The van der Waals surface area contributed by atoms with Crippen molar-refractivity contribution in [3.63, 3.8) is 0 Å². The van der Waals surface area contributed by atoms with E-state index < -0.39 is 61.7 Å². The molecule has 0 heterocycles. The molecular formula is C37H60N4O8S2. The van der Waals surface area contributed by atoms with Crippen LogP contribution in [0.4, 0.5) is 32.3 Å². The molecule has 2 aromatic rings. The first-order valence-corrected chi connectivity index (χ1v) is 21.9. The Morgan fingerprint density at radius 3 is 1.33 bits per heavy atom. The summed E-state index contributed by atoms with van der Waals surface area (Å²) in [7, 11) is -8.26. The Kier molecular flexibility index (Phi) is 19.2. The monoisotopic (exact) mass is 752 g/mol. The van der Waals surface area contributed by atoms with E-state index in [1.807, 2.05) is 38.1 Å². The summed E-state index contributed by atoms with van der Waals surface area (Å²) in [4.78, 5) is 29.3. The number of nitrogens with zero attached hydrogens (tertiary/aromatic N) is 2. The van der Waals surface area contributed by atoms with Gasteiger partial charge in [-0.3, -0.25) is 10.6 Å². The number of sulfone groups is 2. The van der Waals surface area contributed by atoms with Crippen LogP contribution >= 0.6 is 0 Å². The van der Waals surface area contributed by atoms with Crippen LogP contribution < -0.4 is 20.4 Å². The minimum Gasteiger partial charge on any atom is -0.448 e. The molecule has 2 rings (SSSR count). The van der Waals surface area contributed by atoms with Crippen LogP contribution in [-0.2, 0) is 29.1 Å². The lowest BCUT2D eigenvalue weighted by Crippen LogP contribution is -2.27. The SMILES string of the molecule is CCCCCCN(CC)c1ccc(NC(=O)OCCS(=O)(=O)CS(=O)(=O)CCOC(=O)Nc2ccc(N(CC)CCCCCC)cc2C)c(C)c1. The average Bonchev–Trinajstić information content (AvgIpc) is 3.06. The quantitative estimate of drug-likeness (QED) is 0.102. The lowest BCUT2D eigenvalue weighted by atomic mass is 10.1. The van der Waals surface area contributed by atoms with E-state index >= 15 is 0 Å². The van der Waals surface area contributed by atoms with Gasteiger partial charge in [-0.2, -0.15) is 0 Å². The molecule has 0 aliphatic carbocycles. The smallest absolute Gasteiger partial charge is 0.411 e. The van der Waals surface area contributed by atoms with Gasteiger partial charge in [0.1, 0.15) is 13.2 Å². The molecule has 0 aromatic heterocycles. The molecule has 0 spiro atoms. The number of nitrogens with one attached hydrogen (secondary N) is 2. The third-order valence-corrected chi connectivity index (χ3v) is 13.0. The van der Waals surface area contributed by atoms with Gasteiger partial charge in [0.25, 0.3) is 0 Å². The van der Waals surface area contributed by atoms with E-state index in [2.05, 4.69) is 48.1 Å². The van der Waals surface area contributed by atoms with Crippen LogP contribution in [0.25, 0.3) is 0 Å². The van der Waals surface area contributed by atoms with Crippen molar-refractivity contribution in [3.05, 3.63) is 47.5 Å². The molecule has 288 valence electrons. The maximum atomic E-state index is 12.5. The van der Waals surface area contributed by atoms with E-state index in [1.54, 1.807) is 12.1 Å². The van der Waals surface area contributed by atoms with Gasteiger partial charge in [0.15, 0.2) is 24.8 Å². The highest BCUT2D eigenvalue weighted by Gasteiger charge is 2.24. The van der Waals surface area contributed by atoms with E-state index in [1.165, 1.54) is 38.5 Å². The Balaban J connectivity index is 1.78. The summed E-state index contributed by atoms with van der Waals surface area (Å²) in [5, 5.41) is 4.08. The van der Waals surface area contributed by atoms with Crippen molar-refractivity contribution in [2.24, 2.45) is 0 Å². The average molecular weight is 753 g/mol. The number of anilines is 4. The van der Waals surface area contributed by atoms with Gasteiger partial charge < -0.3 is 19.3 Å². The van der Waals surface area contributed by atoms with E-state index in [9.17, 15) is 26.4 Å². The van der Waals surface area contributed by atoms with E-state index in [0.29, 0.717) is 11.4 Å². The van der Waals surface area contributed by atoms with Gasteiger partial charge in [-0.25, -0.2) is 26.4 Å². The highest BCUT2D eigenvalue weighted by molar-refractivity contribution is 8.08. The molecule has 0 saturated heterocycles. The maximum Gasteiger partial charge on any atom is 0.411 e. The third kappa shape index (κ3) is 16.6. The largest absolute Gasteiger partial charge is 0.448 e. The molecule has 0 aliphatic heterocycles. The zero-order valence-corrected chi connectivity index (χ0v) is 33.1. The molecule has 0 bridgehead atoms. The second kappa shape index (κ2) is 22.4. The molecule has 2 aromatic carbocycles. The van der Waals surface area contributed by atoms with E-state index in [-0.39, 0.29) is 0 Å². The summed E-state index contributed by atoms with van der Waals surface area (Å²) < 4.78 is 60.2. The van der Waals surface area contributed by atoms with Crippen molar-refractivity contribution in [3.8, 4) is 0 Å². The summed E-state index contributed by atoms with van der Waals surface area (Å²) >= 11 is 0. The Labute approximate surface area is 306 Å². The van der Waals surface area contributed by atoms with Gasteiger partial charge in [-0.05, 0) is 88.1 Å². The lowest BCUT2D eigenvalue weighted by molar-refractivity contribution is 0.167. The van der Waals surface area contributed by atoms with Gasteiger partial charge in [0, 0.05) is 48.9 Å². The first-order valence-electron chi connectivity index (χ1n) is 18.2. The number of rotatable bonds is 24. The standard InChI is InChI=1S/C37H60N4O8S2/c1-7-11-13-15-21-40(9-3)32-17-19-34(30(5)27-32)38-36(42)48-23-25-50(44,45)29-51(46,47)26-24-49-37(43)39-35-20-18-33(28-31(35)6)41(10-4)22-16-14-12-8-2/h17-20,27-28H,7-16,21-26,29H2,1-6H3,(H,38,42)(H,39,43). The Bertz CT molecular complexity index is 1480. The highest BCUT2D eigenvalue weighted by atomic mass is 32.3. The van der Waals surface area contributed by atoms with Crippen LogP contribution in [0.5, 0.6) is 0 Å². The molecule has 2 N–H and O–H groups in total. The minimum absolute atomic E-state index is 0.520. The van der Waals surface area contributed by atoms with E-state index in [0.717, 1.165) is 61.5 Å². The number of hydrogen-bond acceptors (Lipinski definition) is 10. The van der Waals surface area contributed by atoms with Crippen molar-refractivity contribution in [1.29, 1.82) is 0 Å². The Morgan fingerprint density at radius 1 is 0.608 bits per heavy atom. The highest BCUT2D eigenvalue weighted by Crippen LogP contribution is 2.25. The number of hydrogen-bond donors (Lipinski definition) is 2. The molecule has 0 radical (unpaired) electrons. The normalized spacial score (nSPS) is 11.6. The van der Waals surface area contributed by atoms with Crippen molar-refractivity contribution in [2.75, 3.05) is 76.4 Å². The Hall–Kier alpha value is -3.52. The molecule has 14 heteroatoms. The lowest BCUT2D eigenvalue weighted by Gasteiger charge is -2.24. The van der Waals surface area contributed by atoms with Crippen LogP contribution in [0.3, 0.4) is 0 Å². The third-order valence-electron chi connectivity index (χ3n) is 8.56. The fraction of sp³-hybridized carbons (Fsp3) is 0.622. The van der Waals surface area contributed by atoms with Crippen molar-refractivity contribution in [1.82, 2.24) is 0 Å². The number of ether oxygens (including phenoxy) is 2. The molecular weight excluding hydrogens is 693 g/mol. The fourth-order valence-electron chi connectivity index (χ4n) is 5.57. The van der Waals surface area contributed by atoms with Crippen molar-refractivity contribution < 1.29 is 35.9 Å². The van der Waals surface area contributed by atoms with Gasteiger partial charge in [-0.1, -0.05) is 52.4 Å². The van der Waals surface area contributed by atoms with Gasteiger partial charge in [-0.15, -0.1) is 0 Å². The predicted molar refractivity (Wildman–Crippen MR) is 209 cm³/mol. The van der Waals surface area contributed by atoms with Crippen molar-refractivity contribution in [2.45, 2.75) is 92.9 Å². The number of amides is 2. The number of carbonyl (C=O) groups is 2. The van der Waals surface area contributed by atoms with Crippen molar-refractivity contribution >= 4 is 54.6 Å². The summed E-state index contributed by atoms with van der Waals surface area (Å²) in [6.45, 7) is 14.9. The summed E-state index contributed by atoms with van der Waals surface area (Å²) in [5.41, 5.74) is 4.82. The second-order valence-corrected chi connectivity index (χ2v) is 17.5. The number of unbranched alkanes of at least 4 members (excludes halogenated alkanes) is 6. The predicted octanol–water partition coefficient (Wildman–Crippen LogP) is 7.70. The molecule has 0 atom stereocenters. The van der Waals surface area contributed by atoms with Crippen LogP contribution in [-0.4, -0.2) is 85.0 Å². The van der Waals surface area contributed by atoms with Crippen LogP contribution in [0.2, 0.25) is 0 Å². The van der Waals surface area contributed by atoms with Gasteiger partial charge >= 0.3 is 12.2 Å². The molecule has 0 unspecified atom stereocenters. The van der Waals surface area contributed by atoms with Gasteiger partial charge in [0.05, 0.1) is 11.5 Å². The summed E-state index contributed by atoms with van der Waals surface area (Å²) in [6, 6.07) is 11.4. The molecule has 0 fully saturated rings. The topological polar surface area (TPSA) is 151 Å². The first-order chi connectivity index (χ1) is 24.2. The van der Waals surface area contributed by atoms with Crippen LogP contribution in [0, 0.1) is 13.8 Å².